The largest absolute Gasteiger partial charge is 0.490 e. The quantitative estimate of drug-likeness (QED) is 0.608. The molecule has 1 aromatic carbocycles. The molecule has 32 heavy (non-hydrogen) atoms. The Morgan fingerprint density at radius 3 is 2.50 bits per heavy atom. The smallest absolute Gasteiger partial charge is 0.330 e. The number of sulfone groups is 1. The van der Waals surface area contributed by atoms with Gasteiger partial charge in [0, 0.05) is 17.7 Å². The molecule has 4 aliphatic rings. The Labute approximate surface area is 191 Å². The molecule has 3 fully saturated rings. The summed E-state index contributed by atoms with van der Waals surface area (Å²) in [7, 11) is -3.20. The minimum Gasteiger partial charge on any atom is -0.490 e. The van der Waals surface area contributed by atoms with E-state index in [2.05, 4.69) is 26.8 Å². The van der Waals surface area contributed by atoms with Gasteiger partial charge in [0.1, 0.15) is 11.9 Å². The second kappa shape index (κ2) is 7.34. The van der Waals surface area contributed by atoms with Gasteiger partial charge in [0.25, 0.3) is 0 Å². The van der Waals surface area contributed by atoms with Crippen molar-refractivity contribution in [2.75, 3.05) is 6.26 Å². The van der Waals surface area contributed by atoms with E-state index in [-0.39, 0.29) is 29.0 Å². The summed E-state index contributed by atoms with van der Waals surface area (Å²) >= 11 is 0. The normalized spacial score (nSPS) is 43.1. The number of benzene rings is 1. The van der Waals surface area contributed by atoms with Crippen molar-refractivity contribution < 1.29 is 22.7 Å². The van der Waals surface area contributed by atoms with E-state index in [0.717, 1.165) is 31.4 Å². The van der Waals surface area contributed by atoms with Crippen LogP contribution >= 0.6 is 0 Å². The predicted molar refractivity (Wildman–Crippen MR) is 122 cm³/mol. The summed E-state index contributed by atoms with van der Waals surface area (Å²) in [6.45, 7) is 7.06. The molecule has 3 aliphatic carbocycles. The highest BCUT2D eigenvalue weighted by atomic mass is 32.2. The number of fused-ring (bicyclic) bond motifs is 5. The van der Waals surface area contributed by atoms with Gasteiger partial charge in [0.15, 0.2) is 9.84 Å². The van der Waals surface area contributed by atoms with Crippen LogP contribution in [0.5, 0.6) is 5.75 Å². The Balaban J connectivity index is 1.37. The van der Waals surface area contributed by atoms with Gasteiger partial charge in [0.2, 0.25) is 0 Å². The van der Waals surface area contributed by atoms with Crippen LogP contribution < -0.4 is 4.74 Å². The topological polar surface area (TPSA) is 69.7 Å². The maximum absolute atomic E-state index is 11.9. The van der Waals surface area contributed by atoms with Crippen LogP contribution in [-0.2, 0) is 19.4 Å². The monoisotopic (exact) mass is 458 g/mol. The van der Waals surface area contributed by atoms with Crippen molar-refractivity contribution in [3.8, 4) is 5.75 Å². The van der Waals surface area contributed by atoms with Gasteiger partial charge in [-0.1, -0.05) is 26.8 Å². The van der Waals surface area contributed by atoms with E-state index in [0.29, 0.717) is 28.6 Å². The first-order valence-electron chi connectivity index (χ1n) is 11.9. The van der Waals surface area contributed by atoms with Crippen LogP contribution in [0.4, 0.5) is 0 Å². The number of esters is 1. The molecular formula is C26H34O5S. The van der Waals surface area contributed by atoms with Crippen LogP contribution in [0.1, 0.15) is 52.9 Å². The maximum atomic E-state index is 11.9. The molecule has 0 amide bonds. The predicted octanol–water partition coefficient (Wildman–Crippen LogP) is 4.81. The molecule has 0 unspecified atom stereocenters. The lowest BCUT2D eigenvalue weighted by atomic mass is 9.47. The van der Waals surface area contributed by atoms with E-state index < -0.39 is 9.84 Å². The van der Waals surface area contributed by atoms with Crippen molar-refractivity contribution >= 4 is 15.8 Å². The van der Waals surface area contributed by atoms with E-state index in [4.69, 9.17) is 9.47 Å². The number of rotatable bonds is 3. The number of carbonyl (C=O) groups excluding carboxylic acids is 1. The van der Waals surface area contributed by atoms with Gasteiger partial charge in [-0.3, -0.25) is 0 Å². The van der Waals surface area contributed by atoms with Crippen LogP contribution in [0, 0.1) is 34.5 Å². The Bertz CT molecular complexity index is 1040. The van der Waals surface area contributed by atoms with Crippen LogP contribution in [-0.4, -0.2) is 32.9 Å². The van der Waals surface area contributed by atoms with Crippen molar-refractivity contribution in [3.63, 3.8) is 0 Å². The highest BCUT2D eigenvalue weighted by molar-refractivity contribution is 7.90. The summed E-state index contributed by atoms with van der Waals surface area (Å²) in [6.07, 6.45) is 10.5. The van der Waals surface area contributed by atoms with Gasteiger partial charge in [0.05, 0.1) is 11.0 Å². The highest BCUT2D eigenvalue weighted by Crippen LogP contribution is 2.65. The Morgan fingerprint density at radius 2 is 1.81 bits per heavy atom. The van der Waals surface area contributed by atoms with E-state index >= 15 is 0 Å². The van der Waals surface area contributed by atoms with Crippen molar-refractivity contribution in [3.05, 3.63) is 36.4 Å². The second-order valence-electron chi connectivity index (χ2n) is 11.2. The van der Waals surface area contributed by atoms with Gasteiger partial charge >= 0.3 is 5.97 Å². The molecule has 0 bridgehead atoms. The standard InChI is InChI=1S/C26H34O5S/c1-16-13-22-26(3,12-10-23(27)31-22)20-9-11-25(2)15-18(14-21(25)24(16)20)30-17-5-7-19(8-6-17)32(4,28)29/h5-8,10,12,16,18,20-22,24H,9,11,13-15H2,1-4H3/t16-,18-,20-,21-,22+,24+,25+,26+/m0/s1. The molecule has 8 atom stereocenters. The average Bonchev–Trinajstić information content (AvgIpc) is 3.05. The van der Waals surface area contributed by atoms with Crippen LogP contribution in [0.2, 0.25) is 0 Å². The zero-order valence-electron chi connectivity index (χ0n) is 19.4. The number of hydrogen-bond acceptors (Lipinski definition) is 5. The van der Waals surface area contributed by atoms with Gasteiger partial charge in [-0.25, -0.2) is 13.2 Å². The molecule has 5 rings (SSSR count). The zero-order chi connectivity index (χ0) is 22.9. The minimum absolute atomic E-state index is 0.0117. The summed E-state index contributed by atoms with van der Waals surface area (Å²) in [4.78, 5) is 12.2. The number of hydrogen-bond donors (Lipinski definition) is 0. The molecule has 3 saturated carbocycles. The van der Waals surface area contributed by atoms with E-state index in [1.54, 1.807) is 30.3 Å². The summed E-state index contributed by atoms with van der Waals surface area (Å²) in [6, 6.07) is 6.82. The fourth-order valence-electron chi connectivity index (χ4n) is 7.58. The minimum atomic E-state index is -3.20. The van der Waals surface area contributed by atoms with Crippen LogP contribution in [0.25, 0.3) is 0 Å². The summed E-state index contributed by atoms with van der Waals surface area (Å²) in [5.41, 5.74) is 0.178. The van der Waals surface area contributed by atoms with Gasteiger partial charge in [-0.05, 0) is 85.5 Å². The first-order chi connectivity index (χ1) is 15.0. The van der Waals surface area contributed by atoms with Crippen LogP contribution in [0.3, 0.4) is 0 Å². The number of ether oxygens (including phenoxy) is 2. The Kier molecular flexibility index (Phi) is 5.05. The lowest BCUT2D eigenvalue weighted by Crippen LogP contribution is -2.57. The molecule has 0 aromatic heterocycles. The lowest BCUT2D eigenvalue weighted by molar-refractivity contribution is -0.173. The lowest BCUT2D eigenvalue weighted by Gasteiger charge is -2.59. The van der Waals surface area contributed by atoms with Crippen LogP contribution in [0.15, 0.2) is 41.3 Å². The van der Waals surface area contributed by atoms with Crippen molar-refractivity contribution in [2.45, 2.75) is 70.0 Å². The highest BCUT2D eigenvalue weighted by Gasteiger charge is 2.61. The molecule has 0 radical (unpaired) electrons. The fourth-order valence-corrected chi connectivity index (χ4v) is 8.21. The van der Waals surface area contributed by atoms with Crippen molar-refractivity contribution in [1.82, 2.24) is 0 Å². The molecule has 5 nitrogen and oxygen atoms in total. The van der Waals surface area contributed by atoms with Gasteiger partial charge in [-0.15, -0.1) is 0 Å². The molecule has 1 aromatic rings. The molecular weight excluding hydrogens is 424 g/mol. The molecule has 0 saturated heterocycles. The first-order valence-corrected chi connectivity index (χ1v) is 13.8. The summed E-state index contributed by atoms with van der Waals surface area (Å²) < 4.78 is 35.6. The molecule has 1 aliphatic heterocycles. The summed E-state index contributed by atoms with van der Waals surface area (Å²) in [5.74, 6) is 2.75. The van der Waals surface area contributed by atoms with Crippen molar-refractivity contribution in [1.29, 1.82) is 0 Å². The molecule has 0 N–H and O–H groups in total. The fraction of sp³-hybridized carbons (Fsp3) is 0.654. The second-order valence-corrected chi connectivity index (χ2v) is 13.3. The average molecular weight is 459 g/mol. The van der Waals surface area contributed by atoms with Gasteiger partial charge in [-0.2, -0.15) is 0 Å². The van der Waals surface area contributed by atoms with E-state index in [1.807, 2.05) is 0 Å². The molecule has 174 valence electrons. The molecule has 6 heteroatoms. The third-order valence-corrected chi connectivity index (χ3v) is 10.3. The Hall–Kier alpha value is -1.82. The molecule has 0 spiro atoms. The zero-order valence-corrected chi connectivity index (χ0v) is 20.2. The summed E-state index contributed by atoms with van der Waals surface area (Å²) in [5, 5.41) is 0. The third kappa shape index (κ3) is 3.49. The third-order valence-electron chi connectivity index (χ3n) is 9.19. The van der Waals surface area contributed by atoms with E-state index in [1.165, 1.54) is 12.7 Å². The first kappa shape index (κ1) is 22.0. The SMILES string of the molecule is C[C@H]1C[C@H]2OC(=O)C=C[C@]2(C)[C@H]2CC[C@]3(C)C[C@@H](Oc4ccc(S(C)(=O)=O)cc4)C[C@H]3[C@H]12. The van der Waals surface area contributed by atoms with Crippen molar-refractivity contribution in [2.24, 2.45) is 34.5 Å². The Morgan fingerprint density at radius 1 is 1.09 bits per heavy atom. The number of carbonyl (C=O) groups is 1. The van der Waals surface area contributed by atoms with E-state index in [9.17, 15) is 13.2 Å². The van der Waals surface area contributed by atoms with Gasteiger partial charge < -0.3 is 9.47 Å². The maximum Gasteiger partial charge on any atom is 0.330 e. The molecule has 1 heterocycles.